The Balaban J connectivity index is 0.000000205. The highest BCUT2D eigenvalue weighted by molar-refractivity contribution is 7.13. The maximum absolute atomic E-state index is 13.3. The van der Waals surface area contributed by atoms with Crippen LogP contribution in [0.5, 0.6) is 5.75 Å². The van der Waals surface area contributed by atoms with E-state index in [1.54, 1.807) is 36.6 Å². The second kappa shape index (κ2) is 18.1. The number of imidazole rings is 1. The van der Waals surface area contributed by atoms with E-state index in [0.29, 0.717) is 47.1 Å². The lowest BCUT2D eigenvalue weighted by atomic mass is 10.1. The summed E-state index contributed by atoms with van der Waals surface area (Å²) in [5, 5.41) is 7.49. The lowest BCUT2D eigenvalue weighted by Gasteiger charge is -2.17. The number of pyridine rings is 1. The molecule has 61 heavy (non-hydrogen) atoms. The highest BCUT2D eigenvalue weighted by Gasteiger charge is 2.42. The summed E-state index contributed by atoms with van der Waals surface area (Å²) >= 11 is 12.4. The first kappa shape index (κ1) is 44.2. The number of primary amides is 1. The van der Waals surface area contributed by atoms with Gasteiger partial charge < -0.3 is 41.5 Å². The molecule has 0 bridgehead atoms. The van der Waals surface area contributed by atoms with Gasteiger partial charge in [0.1, 0.15) is 69.7 Å². The number of anilines is 4. The second-order valence-electron chi connectivity index (χ2n) is 13.0. The van der Waals surface area contributed by atoms with Gasteiger partial charge in [0, 0.05) is 24.1 Å². The Bertz CT molecular complexity index is 2490. The molecule has 2 unspecified atom stereocenters. The number of nitrogen functional groups attached to an aromatic ring is 1. The molecule has 3 atom stereocenters. The molecular formula is C35H31Cl2F5N12O6S. The van der Waals surface area contributed by atoms with Crippen molar-refractivity contribution in [3.8, 4) is 17.1 Å². The number of cyclic esters (lactones) is 1. The maximum atomic E-state index is 13.3. The van der Waals surface area contributed by atoms with Crippen LogP contribution in [-0.2, 0) is 22.3 Å². The summed E-state index contributed by atoms with van der Waals surface area (Å²) in [6.07, 6.45) is -3.67. The van der Waals surface area contributed by atoms with Crippen molar-refractivity contribution in [1.29, 1.82) is 0 Å². The van der Waals surface area contributed by atoms with Gasteiger partial charge in [-0.3, -0.25) is 14.4 Å². The first-order valence-corrected chi connectivity index (χ1v) is 19.1. The van der Waals surface area contributed by atoms with E-state index in [0.717, 1.165) is 28.8 Å². The molecule has 0 aliphatic carbocycles. The first-order valence-electron chi connectivity index (χ1n) is 17.5. The zero-order valence-electron chi connectivity index (χ0n) is 31.3. The van der Waals surface area contributed by atoms with Gasteiger partial charge in [-0.15, -0.1) is 11.3 Å². The Morgan fingerprint density at radius 2 is 1.79 bits per heavy atom. The molecule has 7 N–H and O–H groups in total. The smallest absolute Gasteiger partial charge is 0.418 e. The molecule has 322 valence electrons. The Morgan fingerprint density at radius 3 is 2.49 bits per heavy atom. The average molecular weight is 914 g/mol. The summed E-state index contributed by atoms with van der Waals surface area (Å²) in [4.78, 5) is 68.6. The number of halogens is 7. The largest absolute Gasteiger partial charge is 0.491 e. The van der Waals surface area contributed by atoms with Crippen molar-refractivity contribution < 1.29 is 50.6 Å². The summed E-state index contributed by atoms with van der Waals surface area (Å²) in [5.74, 6) is -1.16. The number of benzene rings is 1. The van der Waals surface area contributed by atoms with Gasteiger partial charge in [0.2, 0.25) is 5.91 Å². The molecule has 0 radical (unpaired) electrons. The van der Waals surface area contributed by atoms with Crippen molar-refractivity contribution in [2.24, 2.45) is 5.73 Å². The van der Waals surface area contributed by atoms with Gasteiger partial charge in [0.25, 0.3) is 18.2 Å². The lowest BCUT2D eigenvalue weighted by Crippen LogP contribution is -2.38. The van der Waals surface area contributed by atoms with E-state index >= 15 is 0 Å². The van der Waals surface area contributed by atoms with E-state index < -0.39 is 65.1 Å². The van der Waals surface area contributed by atoms with Crippen molar-refractivity contribution in [1.82, 2.24) is 34.8 Å². The minimum absolute atomic E-state index is 0.0582. The molecule has 1 aromatic carbocycles. The Kier molecular flexibility index (Phi) is 13.1. The number of carbonyl (C=O) groups is 4. The topological polar surface area (TPSA) is 247 Å². The number of carbonyl (C=O) groups excluding carboxylic acids is 4. The van der Waals surface area contributed by atoms with Crippen LogP contribution < -0.4 is 37.1 Å². The minimum Gasteiger partial charge on any atom is -0.491 e. The predicted octanol–water partition coefficient (Wildman–Crippen LogP) is 5.80. The molecule has 2 aliphatic rings. The van der Waals surface area contributed by atoms with Crippen molar-refractivity contribution in [2.45, 2.75) is 51.1 Å². The van der Waals surface area contributed by atoms with Crippen LogP contribution >= 0.6 is 34.5 Å². The molecule has 4 aromatic heterocycles. The molecule has 7 rings (SSSR count). The van der Waals surface area contributed by atoms with Crippen LogP contribution in [-0.4, -0.2) is 85.0 Å². The fraction of sp³-hybridized carbons (Fsp3) is 0.286. The number of rotatable bonds is 10. The molecule has 5 aromatic rings. The van der Waals surface area contributed by atoms with Gasteiger partial charge in [-0.1, -0.05) is 23.2 Å². The zero-order chi connectivity index (χ0) is 44.3. The molecule has 4 amide bonds. The normalized spacial score (nSPS) is 15.5. The molecule has 0 spiro atoms. The van der Waals surface area contributed by atoms with Gasteiger partial charge in [-0.25, -0.2) is 43.4 Å². The van der Waals surface area contributed by atoms with Gasteiger partial charge in [0.15, 0.2) is 11.5 Å². The Hall–Kier alpha value is -6.40. The summed E-state index contributed by atoms with van der Waals surface area (Å²) in [5.41, 5.74) is 10.8. The molecular weight excluding hydrogens is 882 g/mol. The molecule has 6 heterocycles. The van der Waals surface area contributed by atoms with Crippen molar-refractivity contribution in [3.63, 3.8) is 0 Å². The van der Waals surface area contributed by atoms with Crippen LogP contribution in [0.1, 0.15) is 50.6 Å². The number of hydrogen-bond donors (Lipinski definition) is 5. The third-order valence-electron chi connectivity index (χ3n) is 8.73. The standard InChI is InChI=1S/C18H19F2N5O4.C17H12Cl2F3N7O2S/c1-9(16(21)26)22-10-2-3-11-13(6-10)28-5-4-24-7-14(23-17(11)24)25-12(15(19)20)8-29-18(25)27;1-6(28-15(31)12-11(19)13(23)27-5-26-12)16-25-4-9(32-16)14(30)29-10-2-7(17(20,21)22)8(18)3-24-10/h2-3,6-7,9,12,15,22H,4-5,8H2,1H3,(H2,21,26);2-6H,1H3,(H,28,31)(H2,23,26,27)(H,24,29,30)/t;6-/m.1/s1. The Morgan fingerprint density at radius 1 is 1.03 bits per heavy atom. The van der Waals surface area contributed by atoms with Crippen LogP contribution in [0.3, 0.4) is 0 Å². The number of alkyl halides is 5. The highest BCUT2D eigenvalue weighted by atomic mass is 35.5. The number of amides is 4. The van der Waals surface area contributed by atoms with Gasteiger partial charge in [-0.2, -0.15) is 13.2 Å². The van der Waals surface area contributed by atoms with Crippen molar-refractivity contribution >= 4 is 81.5 Å². The zero-order valence-corrected chi connectivity index (χ0v) is 33.7. The quantitative estimate of drug-likeness (QED) is 0.104. The fourth-order valence-electron chi connectivity index (χ4n) is 5.64. The number of ether oxygens (including phenoxy) is 2. The summed E-state index contributed by atoms with van der Waals surface area (Å²) < 4.78 is 77.7. The highest BCUT2D eigenvalue weighted by Crippen LogP contribution is 2.38. The molecule has 0 saturated carbocycles. The number of thiazole rings is 1. The third kappa shape index (κ3) is 9.98. The average Bonchev–Trinajstić information content (AvgIpc) is 3.93. The van der Waals surface area contributed by atoms with Crippen LogP contribution in [0.4, 0.5) is 49.9 Å². The summed E-state index contributed by atoms with van der Waals surface area (Å²) in [6.45, 7) is 3.59. The minimum atomic E-state index is -4.71. The monoisotopic (exact) mass is 912 g/mol. The summed E-state index contributed by atoms with van der Waals surface area (Å²) in [6, 6.07) is 3.22. The van der Waals surface area contributed by atoms with E-state index in [9.17, 15) is 41.1 Å². The maximum Gasteiger partial charge on any atom is 0.418 e. The number of aromatic nitrogens is 6. The van der Waals surface area contributed by atoms with Gasteiger partial charge in [-0.05, 0) is 32.0 Å². The molecule has 1 fully saturated rings. The molecule has 18 nitrogen and oxygen atoms in total. The fourth-order valence-corrected chi connectivity index (χ4v) is 6.85. The predicted molar refractivity (Wildman–Crippen MR) is 211 cm³/mol. The van der Waals surface area contributed by atoms with E-state index in [4.69, 9.17) is 44.1 Å². The number of nitrogens with zero attached hydrogens (tertiary/aromatic N) is 7. The van der Waals surface area contributed by atoms with Crippen LogP contribution in [0.2, 0.25) is 10.0 Å². The number of hydrogen-bond acceptors (Lipinski definition) is 14. The Labute approximate surface area is 354 Å². The van der Waals surface area contributed by atoms with Crippen LogP contribution in [0.15, 0.2) is 49.2 Å². The number of fused-ring (bicyclic) bond motifs is 3. The lowest BCUT2D eigenvalue weighted by molar-refractivity contribution is -0.137. The van der Waals surface area contributed by atoms with Crippen molar-refractivity contribution in [2.75, 3.05) is 34.5 Å². The first-order chi connectivity index (χ1) is 28.8. The van der Waals surface area contributed by atoms with E-state index in [1.807, 2.05) is 0 Å². The summed E-state index contributed by atoms with van der Waals surface area (Å²) in [7, 11) is 0. The third-order valence-corrected chi connectivity index (χ3v) is 10.6. The van der Waals surface area contributed by atoms with Crippen LogP contribution in [0.25, 0.3) is 11.4 Å². The number of nitrogens with two attached hydrogens (primary N) is 2. The van der Waals surface area contributed by atoms with E-state index in [1.165, 1.54) is 12.4 Å². The van der Waals surface area contributed by atoms with Gasteiger partial charge >= 0.3 is 12.3 Å². The molecule has 1 saturated heterocycles. The second-order valence-corrected chi connectivity index (χ2v) is 14.8. The number of nitrogens with one attached hydrogen (secondary N) is 3. The molecule has 26 heteroatoms. The van der Waals surface area contributed by atoms with E-state index in [-0.39, 0.29) is 39.7 Å². The van der Waals surface area contributed by atoms with Crippen molar-refractivity contribution in [3.05, 3.63) is 80.4 Å². The SMILES string of the molecule is CC(Nc1ccc2c(c1)OCCn1cc(N3C(=O)OCC3C(F)F)nc1-2)C(N)=O.C[C@@H](NC(=O)c1ncnc(N)c1Cl)c1ncc(C(=O)Nc2cc(C(F)(F)F)c(Cl)cn2)s1. The van der Waals surface area contributed by atoms with E-state index in [2.05, 4.69) is 40.9 Å². The molecule has 2 aliphatic heterocycles. The van der Waals surface area contributed by atoms with Crippen LogP contribution in [0, 0.1) is 0 Å². The van der Waals surface area contributed by atoms with Gasteiger partial charge in [0.05, 0.1) is 34.9 Å².